The Morgan fingerprint density at radius 1 is 1.21 bits per heavy atom. The summed E-state index contributed by atoms with van der Waals surface area (Å²) in [5.74, 6) is 2.87. The third-order valence-corrected chi connectivity index (χ3v) is 1.58. The molecule has 0 radical (unpaired) electrons. The van der Waals surface area contributed by atoms with Crippen molar-refractivity contribution in [2.75, 3.05) is 6.61 Å². The van der Waals surface area contributed by atoms with E-state index in [4.69, 9.17) is 10.00 Å². The van der Waals surface area contributed by atoms with Crippen LogP contribution in [-0.4, -0.2) is 6.61 Å². The number of hydrogen-bond donors (Lipinski definition) is 0. The molecule has 2 heteroatoms. The van der Waals surface area contributed by atoms with Crippen LogP contribution >= 0.6 is 0 Å². The van der Waals surface area contributed by atoms with E-state index in [0.717, 1.165) is 12.0 Å². The zero-order valence-corrected chi connectivity index (χ0v) is 7.86. The molecule has 1 aromatic carbocycles. The van der Waals surface area contributed by atoms with E-state index in [0.29, 0.717) is 13.0 Å². The van der Waals surface area contributed by atoms with E-state index < -0.39 is 0 Å². The van der Waals surface area contributed by atoms with Gasteiger partial charge in [0.05, 0.1) is 6.07 Å². The van der Waals surface area contributed by atoms with Crippen molar-refractivity contribution in [2.24, 2.45) is 0 Å². The van der Waals surface area contributed by atoms with E-state index in [1.54, 1.807) is 0 Å². The highest BCUT2D eigenvalue weighted by atomic mass is 16.5. The van der Waals surface area contributed by atoms with Crippen LogP contribution in [0.5, 0.6) is 0 Å². The molecule has 0 heterocycles. The first kappa shape index (κ1) is 10.2. The molecule has 2 nitrogen and oxygen atoms in total. The fourth-order valence-corrected chi connectivity index (χ4v) is 0.891. The highest BCUT2D eigenvalue weighted by molar-refractivity contribution is 5.32. The molecule has 0 unspecified atom stereocenters. The van der Waals surface area contributed by atoms with E-state index in [2.05, 4.69) is 12.0 Å². The molecule has 0 aliphatic rings. The standard InChI is InChI=1S/C12H11NO/c13-9-4-5-10-14-11-8-12-6-2-1-3-7-12/h1-3,6-7H,4-5,10H2. The van der Waals surface area contributed by atoms with E-state index >= 15 is 0 Å². The average molecular weight is 185 g/mol. The summed E-state index contributed by atoms with van der Waals surface area (Å²) in [7, 11) is 0. The SMILES string of the molecule is N#CCCCOC#Cc1ccccc1. The molecule has 0 saturated heterocycles. The second-order valence-corrected chi connectivity index (χ2v) is 2.70. The Morgan fingerprint density at radius 3 is 2.71 bits per heavy atom. The van der Waals surface area contributed by atoms with Crippen molar-refractivity contribution in [1.82, 2.24) is 0 Å². The van der Waals surface area contributed by atoms with Crippen molar-refractivity contribution >= 4 is 0 Å². The maximum absolute atomic E-state index is 8.26. The summed E-state index contributed by atoms with van der Waals surface area (Å²) in [6.07, 6.45) is 3.86. The van der Waals surface area contributed by atoms with Gasteiger partial charge in [-0.25, -0.2) is 0 Å². The molecule has 70 valence electrons. The van der Waals surface area contributed by atoms with Gasteiger partial charge in [-0.1, -0.05) is 18.2 Å². The summed E-state index contributed by atoms with van der Waals surface area (Å²) in [5, 5.41) is 8.26. The van der Waals surface area contributed by atoms with Crippen LogP contribution in [0, 0.1) is 23.4 Å². The van der Waals surface area contributed by atoms with Gasteiger partial charge in [0.15, 0.2) is 0 Å². The minimum absolute atomic E-state index is 0.521. The molecule has 0 saturated carbocycles. The fraction of sp³-hybridized carbons (Fsp3) is 0.250. The highest BCUT2D eigenvalue weighted by Gasteiger charge is 1.84. The Hall–Kier alpha value is -1.93. The zero-order valence-electron chi connectivity index (χ0n) is 7.86. The van der Waals surface area contributed by atoms with Gasteiger partial charge in [-0.05, 0) is 24.5 Å². The van der Waals surface area contributed by atoms with Crippen LogP contribution in [-0.2, 0) is 4.74 Å². The van der Waals surface area contributed by atoms with Gasteiger partial charge in [0.25, 0.3) is 0 Å². The highest BCUT2D eigenvalue weighted by Crippen LogP contribution is 1.94. The van der Waals surface area contributed by atoms with Crippen molar-refractivity contribution in [2.45, 2.75) is 12.8 Å². The van der Waals surface area contributed by atoms with Crippen LogP contribution in [0.3, 0.4) is 0 Å². The third-order valence-electron chi connectivity index (χ3n) is 1.58. The Kier molecular flexibility index (Phi) is 4.77. The van der Waals surface area contributed by atoms with Gasteiger partial charge in [-0.2, -0.15) is 5.26 Å². The van der Waals surface area contributed by atoms with Crippen molar-refractivity contribution in [1.29, 1.82) is 5.26 Å². The Bertz CT molecular complexity index is 353. The maximum atomic E-state index is 8.26. The second-order valence-electron chi connectivity index (χ2n) is 2.70. The maximum Gasteiger partial charge on any atom is 0.115 e. The number of hydrogen-bond acceptors (Lipinski definition) is 2. The normalized spacial score (nSPS) is 8.21. The summed E-state index contributed by atoms with van der Waals surface area (Å²) in [5.41, 5.74) is 0.938. The summed E-state index contributed by atoms with van der Waals surface area (Å²) >= 11 is 0. The summed E-state index contributed by atoms with van der Waals surface area (Å²) < 4.78 is 5.03. The lowest BCUT2D eigenvalue weighted by atomic mass is 10.2. The molecule has 1 aromatic rings. The quantitative estimate of drug-likeness (QED) is 0.534. The zero-order chi connectivity index (χ0) is 10.1. The first-order chi connectivity index (χ1) is 6.93. The van der Waals surface area contributed by atoms with Gasteiger partial charge in [0, 0.05) is 12.0 Å². The minimum Gasteiger partial charge on any atom is -0.446 e. The molecule has 0 aliphatic heterocycles. The molecule has 0 atom stereocenters. The first-order valence-electron chi connectivity index (χ1n) is 4.48. The Balaban J connectivity index is 2.25. The smallest absolute Gasteiger partial charge is 0.115 e. The van der Waals surface area contributed by atoms with Gasteiger partial charge in [0.2, 0.25) is 0 Å². The third kappa shape index (κ3) is 4.18. The van der Waals surface area contributed by atoms with Crippen molar-refractivity contribution in [3.05, 3.63) is 35.9 Å². The minimum atomic E-state index is 0.521. The van der Waals surface area contributed by atoms with Crippen LogP contribution in [0.25, 0.3) is 0 Å². The predicted octanol–water partition coefficient (Wildman–Crippen LogP) is 2.32. The van der Waals surface area contributed by atoms with Crippen LogP contribution in [0.15, 0.2) is 30.3 Å². The van der Waals surface area contributed by atoms with E-state index in [9.17, 15) is 0 Å². The lowest BCUT2D eigenvalue weighted by Crippen LogP contribution is -1.86. The molecule has 14 heavy (non-hydrogen) atoms. The molecule has 0 amide bonds. The second kappa shape index (κ2) is 6.57. The molecular weight excluding hydrogens is 174 g/mol. The average Bonchev–Trinajstić information content (AvgIpc) is 2.25. The first-order valence-corrected chi connectivity index (χ1v) is 4.48. The Labute approximate surface area is 84.1 Å². The largest absolute Gasteiger partial charge is 0.446 e. The monoisotopic (exact) mass is 185 g/mol. The molecule has 0 bridgehead atoms. The number of nitriles is 1. The fourth-order valence-electron chi connectivity index (χ4n) is 0.891. The van der Waals surface area contributed by atoms with Crippen LogP contribution in [0.2, 0.25) is 0 Å². The number of nitrogens with zero attached hydrogens (tertiary/aromatic N) is 1. The lowest BCUT2D eigenvalue weighted by molar-refractivity contribution is 0.273. The summed E-state index contributed by atoms with van der Waals surface area (Å²) in [6.45, 7) is 0.521. The molecule has 1 rings (SSSR count). The van der Waals surface area contributed by atoms with Gasteiger partial charge >= 0.3 is 0 Å². The summed E-state index contributed by atoms with van der Waals surface area (Å²) in [4.78, 5) is 0. The molecule has 0 N–H and O–H groups in total. The van der Waals surface area contributed by atoms with E-state index in [1.807, 2.05) is 36.4 Å². The van der Waals surface area contributed by atoms with Gasteiger partial charge in [0.1, 0.15) is 12.7 Å². The summed E-state index contributed by atoms with van der Waals surface area (Å²) in [6, 6.07) is 11.7. The number of ether oxygens (including phenoxy) is 1. The van der Waals surface area contributed by atoms with Crippen molar-refractivity contribution < 1.29 is 4.74 Å². The number of unbranched alkanes of at least 4 members (excludes halogenated alkanes) is 1. The molecular formula is C12H11NO. The molecule has 0 aliphatic carbocycles. The van der Waals surface area contributed by atoms with Crippen molar-refractivity contribution in [3.63, 3.8) is 0 Å². The topological polar surface area (TPSA) is 33.0 Å². The van der Waals surface area contributed by atoms with Crippen molar-refractivity contribution in [3.8, 4) is 18.1 Å². The van der Waals surface area contributed by atoms with Gasteiger partial charge in [-0.15, -0.1) is 0 Å². The van der Waals surface area contributed by atoms with E-state index in [-0.39, 0.29) is 0 Å². The van der Waals surface area contributed by atoms with Crippen LogP contribution < -0.4 is 0 Å². The molecule has 0 aromatic heterocycles. The molecule has 0 fully saturated rings. The number of rotatable bonds is 3. The number of benzene rings is 1. The Morgan fingerprint density at radius 2 is 2.00 bits per heavy atom. The van der Waals surface area contributed by atoms with Crippen LogP contribution in [0.4, 0.5) is 0 Å². The van der Waals surface area contributed by atoms with Crippen LogP contribution in [0.1, 0.15) is 18.4 Å². The van der Waals surface area contributed by atoms with E-state index in [1.165, 1.54) is 0 Å². The van der Waals surface area contributed by atoms with Gasteiger partial charge in [-0.3, -0.25) is 0 Å². The lowest BCUT2D eigenvalue weighted by Gasteiger charge is -1.92. The predicted molar refractivity (Wildman–Crippen MR) is 54.1 cm³/mol. The van der Waals surface area contributed by atoms with Gasteiger partial charge < -0.3 is 4.74 Å². The molecule has 0 spiro atoms.